The van der Waals surface area contributed by atoms with E-state index in [2.05, 4.69) is 20.9 Å². The highest BCUT2D eigenvalue weighted by molar-refractivity contribution is 5.97. The number of halogens is 1. The molecule has 0 radical (unpaired) electrons. The molecule has 1 aliphatic heterocycles. The highest BCUT2D eigenvalue weighted by Gasteiger charge is 2.20. The summed E-state index contributed by atoms with van der Waals surface area (Å²) in [4.78, 5) is 26.2. The molecule has 6 nitrogen and oxygen atoms in total. The molecule has 7 heteroatoms. The van der Waals surface area contributed by atoms with E-state index < -0.39 is 0 Å². The van der Waals surface area contributed by atoms with Crippen molar-refractivity contribution >= 4 is 29.9 Å². The van der Waals surface area contributed by atoms with Crippen LogP contribution < -0.4 is 16.0 Å². The van der Waals surface area contributed by atoms with Crippen molar-refractivity contribution in [1.82, 2.24) is 15.5 Å². The molecular weight excluding hydrogens is 328 g/mol. The van der Waals surface area contributed by atoms with Crippen LogP contribution >= 0.6 is 12.4 Å². The topological polar surface area (TPSA) is 73.5 Å². The summed E-state index contributed by atoms with van der Waals surface area (Å²) in [6.07, 6.45) is 2.26. The van der Waals surface area contributed by atoms with Gasteiger partial charge in [-0.25, -0.2) is 0 Å². The summed E-state index contributed by atoms with van der Waals surface area (Å²) in [6.45, 7) is 4.68. The Labute approximate surface area is 149 Å². The first-order valence-electron chi connectivity index (χ1n) is 8.20. The molecule has 2 amide bonds. The molecule has 1 atom stereocenters. The van der Waals surface area contributed by atoms with Gasteiger partial charge < -0.3 is 16.0 Å². The normalized spacial score (nSPS) is 17.7. The minimum absolute atomic E-state index is 0. The molecular formula is C17H27ClN4O2. The van der Waals surface area contributed by atoms with Crippen LogP contribution in [0, 0.1) is 0 Å². The first-order valence-corrected chi connectivity index (χ1v) is 8.20. The molecule has 2 rings (SSSR count). The number of rotatable bonds is 6. The number of amides is 2. The van der Waals surface area contributed by atoms with E-state index in [9.17, 15) is 9.59 Å². The van der Waals surface area contributed by atoms with Crippen LogP contribution in [-0.2, 0) is 4.79 Å². The molecule has 1 aliphatic rings. The predicted molar refractivity (Wildman–Crippen MR) is 98.8 cm³/mol. The zero-order chi connectivity index (χ0) is 16.7. The number of likely N-dealkylation sites (N-methyl/N-ethyl adjacent to an activating group) is 1. The highest BCUT2D eigenvalue weighted by atomic mass is 35.5. The van der Waals surface area contributed by atoms with Crippen molar-refractivity contribution in [1.29, 1.82) is 0 Å². The van der Waals surface area contributed by atoms with Crippen molar-refractivity contribution in [3.63, 3.8) is 0 Å². The number of piperidine rings is 1. The van der Waals surface area contributed by atoms with Crippen molar-refractivity contribution in [2.75, 3.05) is 38.5 Å². The van der Waals surface area contributed by atoms with E-state index in [0.717, 1.165) is 25.9 Å². The van der Waals surface area contributed by atoms with E-state index in [1.165, 1.54) is 0 Å². The summed E-state index contributed by atoms with van der Waals surface area (Å²) >= 11 is 0. The number of nitrogens with zero attached hydrogens (tertiary/aromatic N) is 1. The molecule has 0 spiro atoms. The summed E-state index contributed by atoms with van der Waals surface area (Å²) < 4.78 is 0. The Hall–Kier alpha value is -1.63. The number of carbonyl (C=O) groups is 2. The van der Waals surface area contributed by atoms with Gasteiger partial charge in [-0.15, -0.1) is 12.4 Å². The summed E-state index contributed by atoms with van der Waals surface area (Å²) in [6, 6.07) is 7.47. The minimum Gasteiger partial charge on any atom is -0.352 e. The first-order chi connectivity index (χ1) is 11.1. The van der Waals surface area contributed by atoms with E-state index >= 15 is 0 Å². The molecule has 0 bridgehead atoms. The molecule has 3 N–H and O–H groups in total. The standard InChI is InChI=1S/C17H26N4O2.ClH/c1-3-19-17(23)13-6-4-7-14(10-13)20-16(22)12-21-9-5-8-15(11-21)18-2;/h4,6-7,10,15,18H,3,5,8-9,11-12H2,1-2H3,(H,19,23)(H,20,22);1H. The molecule has 0 aromatic heterocycles. The molecule has 1 fully saturated rings. The minimum atomic E-state index is -0.128. The van der Waals surface area contributed by atoms with E-state index in [4.69, 9.17) is 0 Å². The van der Waals surface area contributed by atoms with E-state index in [0.29, 0.717) is 30.4 Å². The Kier molecular flexibility index (Phi) is 8.74. The van der Waals surface area contributed by atoms with Crippen molar-refractivity contribution in [3.8, 4) is 0 Å². The molecule has 134 valence electrons. The Morgan fingerprint density at radius 2 is 2.12 bits per heavy atom. The molecule has 0 aliphatic carbocycles. The number of carbonyl (C=O) groups excluding carboxylic acids is 2. The second-order valence-corrected chi connectivity index (χ2v) is 5.85. The molecule has 1 heterocycles. The van der Waals surface area contributed by atoms with Gasteiger partial charge in [-0.3, -0.25) is 14.5 Å². The van der Waals surface area contributed by atoms with Gasteiger partial charge in [0.05, 0.1) is 6.54 Å². The fourth-order valence-corrected chi connectivity index (χ4v) is 2.84. The van der Waals surface area contributed by atoms with Crippen LogP contribution in [0.4, 0.5) is 5.69 Å². The van der Waals surface area contributed by atoms with Crippen LogP contribution in [0.25, 0.3) is 0 Å². The van der Waals surface area contributed by atoms with Crippen LogP contribution in [-0.4, -0.2) is 56.0 Å². The molecule has 1 saturated heterocycles. The first kappa shape index (κ1) is 20.4. The summed E-state index contributed by atoms with van der Waals surface area (Å²) in [7, 11) is 1.96. The number of hydrogen-bond acceptors (Lipinski definition) is 4. The Morgan fingerprint density at radius 1 is 1.33 bits per heavy atom. The second-order valence-electron chi connectivity index (χ2n) is 5.85. The van der Waals surface area contributed by atoms with Crippen LogP contribution in [0.1, 0.15) is 30.1 Å². The zero-order valence-corrected chi connectivity index (χ0v) is 15.1. The lowest BCUT2D eigenvalue weighted by Crippen LogP contribution is -2.46. The average molecular weight is 355 g/mol. The maximum atomic E-state index is 12.2. The van der Waals surface area contributed by atoms with Crippen LogP contribution in [0.15, 0.2) is 24.3 Å². The van der Waals surface area contributed by atoms with Gasteiger partial charge >= 0.3 is 0 Å². The maximum absolute atomic E-state index is 12.2. The fourth-order valence-electron chi connectivity index (χ4n) is 2.84. The molecule has 24 heavy (non-hydrogen) atoms. The lowest BCUT2D eigenvalue weighted by molar-refractivity contribution is -0.117. The van der Waals surface area contributed by atoms with Crippen molar-refractivity contribution in [2.24, 2.45) is 0 Å². The largest absolute Gasteiger partial charge is 0.352 e. The van der Waals surface area contributed by atoms with Gasteiger partial charge in [-0.05, 0) is 51.6 Å². The summed E-state index contributed by atoms with van der Waals surface area (Å²) in [5.74, 6) is -0.175. The fraction of sp³-hybridized carbons (Fsp3) is 0.529. The third kappa shape index (κ3) is 6.11. The van der Waals surface area contributed by atoms with Crippen molar-refractivity contribution in [3.05, 3.63) is 29.8 Å². The summed E-state index contributed by atoms with van der Waals surface area (Å²) in [5, 5.41) is 8.90. The van der Waals surface area contributed by atoms with Crippen molar-refractivity contribution < 1.29 is 9.59 Å². The van der Waals surface area contributed by atoms with Crippen LogP contribution in [0.2, 0.25) is 0 Å². The molecule has 0 saturated carbocycles. The number of benzene rings is 1. The van der Waals surface area contributed by atoms with Gasteiger partial charge in [0, 0.05) is 30.4 Å². The third-order valence-corrected chi connectivity index (χ3v) is 4.03. The van der Waals surface area contributed by atoms with Crippen LogP contribution in [0.3, 0.4) is 0 Å². The van der Waals surface area contributed by atoms with Gasteiger partial charge in [0.25, 0.3) is 5.91 Å². The van der Waals surface area contributed by atoms with Crippen LogP contribution in [0.5, 0.6) is 0 Å². The number of likely N-dealkylation sites (tertiary alicyclic amines) is 1. The maximum Gasteiger partial charge on any atom is 0.251 e. The average Bonchev–Trinajstić information content (AvgIpc) is 2.55. The SMILES string of the molecule is CCNC(=O)c1cccc(NC(=O)CN2CCCC(NC)C2)c1.Cl. The number of anilines is 1. The molecule has 1 aromatic rings. The number of hydrogen-bond donors (Lipinski definition) is 3. The van der Waals surface area contributed by atoms with Crippen molar-refractivity contribution in [2.45, 2.75) is 25.8 Å². The lowest BCUT2D eigenvalue weighted by Gasteiger charge is -2.31. The zero-order valence-electron chi connectivity index (χ0n) is 14.3. The van der Waals surface area contributed by atoms with E-state index in [1.807, 2.05) is 14.0 Å². The van der Waals surface area contributed by atoms with Gasteiger partial charge in [0.15, 0.2) is 0 Å². The Morgan fingerprint density at radius 3 is 2.83 bits per heavy atom. The van der Waals surface area contributed by atoms with Gasteiger partial charge in [-0.2, -0.15) is 0 Å². The monoisotopic (exact) mass is 354 g/mol. The Bertz CT molecular complexity index is 553. The smallest absolute Gasteiger partial charge is 0.251 e. The van der Waals surface area contributed by atoms with Gasteiger partial charge in [-0.1, -0.05) is 6.07 Å². The summed E-state index contributed by atoms with van der Waals surface area (Å²) in [5.41, 5.74) is 1.21. The molecule has 1 aromatic carbocycles. The number of nitrogens with one attached hydrogen (secondary N) is 3. The van der Waals surface area contributed by atoms with E-state index in [-0.39, 0.29) is 24.2 Å². The van der Waals surface area contributed by atoms with Gasteiger partial charge in [0.2, 0.25) is 5.91 Å². The predicted octanol–water partition coefficient (Wildman–Crippen LogP) is 1.48. The van der Waals surface area contributed by atoms with Gasteiger partial charge in [0.1, 0.15) is 0 Å². The third-order valence-electron chi connectivity index (χ3n) is 4.03. The highest BCUT2D eigenvalue weighted by Crippen LogP contribution is 2.12. The second kappa shape index (κ2) is 10.3. The van der Waals surface area contributed by atoms with E-state index in [1.54, 1.807) is 24.3 Å². The molecule has 1 unspecified atom stereocenters. The quantitative estimate of drug-likeness (QED) is 0.723. The lowest BCUT2D eigenvalue weighted by atomic mass is 10.1. The Balaban J connectivity index is 0.00000288.